The topological polar surface area (TPSA) is 113 Å². The largest absolute Gasteiger partial charge is 0.487 e. The van der Waals surface area contributed by atoms with Crippen LogP contribution in [0.25, 0.3) is 11.8 Å². The monoisotopic (exact) mass is 773 g/mol. The van der Waals surface area contributed by atoms with Gasteiger partial charge in [-0.15, -0.1) is 0 Å². The van der Waals surface area contributed by atoms with Crippen molar-refractivity contribution in [2.75, 3.05) is 6.61 Å². The summed E-state index contributed by atoms with van der Waals surface area (Å²) in [6, 6.07) is 27.8. The molecular formula is C35H25Br2N3O6S. The van der Waals surface area contributed by atoms with Gasteiger partial charge in [-0.1, -0.05) is 87.9 Å². The van der Waals surface area contributed by atoms with Gasteiger partial charge >= 0.3 is 5.97 Å². The number of thiazole rings is 1. The zero-order valence-corrected chi connectivity index (χ0v) is 28.8. The van der Waals surface area contributed by atoms with Crippen LogP contribution in [0, 0.1) is 10.1 Å². The second-order valence-corrected chi connectivity index (χ2v) is 13.1. The number of fused-ring (bicyclic) bond motifs is 1. The fourth-order valence-electron chi connectivity index (χ4n) is 5.24. The maximum absolute atomic E-state index is 14.3. The zero-order valence-electron chi connectivity index (χ0n) is 24.8. The number of nitrogens with zero attached hydrogens (tertiary/aromatic N) is 3. The molecule has 0 radical (unpaired) electrons. The molecule has 12 heteroatoms. The van der Waals surface area contributed by atoms with Gasteiger partial charge in [-0.2, -0.15) is 0 Å². The number of nitro groups is 1. The molecular weight excluding hydrogens is 750 g/mol. The fourth-order valence-corrected chi connectivity index (χ4v) is 7.61. The molecule has 0 spiro atoms. The molecule has 4 aromatic carbocycles. The third-order valence-corrected chi connectivity index (χ3v) is 9.37. The van der Waals surface area contributed by atoms with Crippen molar-refractivity contribution in [2.24, 2.45) is 4.99 Å². The minimum atomic E-state index is -0.782. The number of hydrogen-bond acceptors (Lipinski definition) is 8. The number of non-ortho nitro benzene ring substituents is 1. The van der Waals surface area contributed by atoms with Gasteiger partial charge in [0.2, 0.25) is 0 Å². The maximum atomic E-state index is 14.3. The van der Waals surface area contributed by atoms with Crippen molar-refractivity contribution < 1.29 is 19.2 Å². The van der Waals surface area contributed by atoms with Gasteiger partial charge in [-0.05, 0) is 64.3 Å². The Morgan fingerprint density at radius 1 is 1.02 bits per heavy atom. The Bertz CT molecular complexity index is 2200. The lowest BCUT2D eigenvalue weighted by Gasteiger charge is -2.25. The zero-order chi connectivity index (χ0) is 33.1. The number of carbonyl (C=O) groups is 1. The quantitative estimate of drug-likeness (QED) is 0.0911. The van der Waals surface area contributed by atoms with Crippen LogP contribution in [0.3, 0.4) is 0 Å². The summed E-state index contributed by atoms with van der Waals surface area (Å²) < 4.78 is 15.1. The molecule has 6 rings (SSSR count). The molecule has 0 saturated heterocycles. The Labute approximate surface area is 289 Å². The van der Waals surface area contributed by atoms with E-state index in [0.717, 1.165) is 21.2 Å². The molecule has 0 N–H and O–H groups in total. The highest BCUT2D eigenvalue weighted by Gasteiger charge is 2.35. The van der Waals surface area contributed by atoms with Crippen molar-refractivity contribution in [2.45, 2.75) is 19.6 Å². The number of halogens is 2. The first-order valence-corrected chi connectivity index (χ1v) is 16.8. The molecule has 0 amide bonds. The molecule has 0 unspecified atom stereocenters. The number of nitro benzene ring substituents is 1. The Morgan fingerprint density at radius 3 is 2.36 bits per heavy atom. The SMILES string of the molecule is CCOC(=O)C1=C(c2ccccc2)N=c2s/c(=C\c3cc(Br)cc(Br)c3OCc3ccc([N+](=O)[O-])cc3)c(=O)n2[C@@H]1c1ccccc1. The number of carbonyl (C=O) groups excluding carboxylic acids is 1. The summed E-state index contributed by atoms with van der Waals surface area (Å²) in [6.45, 7) is 2.04. The molecule has 9 nitrogen and oxygen atoms in total. The summed E-state index contributed by atoms with van der Waals surface area (Å²) in [5.41, 5.74) is 3.21. The van der Waals surface area contributed by atoms with Crippen LogP contribution < -0.4 is 19.6 Å². The van der Waals surface area contributed by atoms with E-state index in [1.54, 1.807) is 29.7 Å². The number of benzene rings is 4. The highest BCUT2D eigenvalue weighted by Crippen LogP contribution is 2.36. The maximum Gasteiger partial charge on any atom is 0.338 e. The lowest BCUT2D eigenvalue weighted by atomic mass is 9.93. The second-order valence-electron chi connectivity index (χ2n) is 10.4. The first kappa shape index (κ1) is 32.3. The van der Waals surface area contributed by atoms with Crippen LogP contribution in [-0.2, 0) is 16.1 Å². The smallest absolute Gasteiger partial charge is 0.338 e. The van der Waals surface area contributed by atoms with E-state index in [1.807, 2.05) is 72.8 Å². The van der Waals surface area contributed by atoms with Gasteiger partial charge in [-0.25, -0.2) is 9.79 Å². The first-order chi connectivity index (χ1) is 22.7. The van der Waals surface area contributed by atoms with E-state index in [-0.39, 0.29) is 30.0 Å². The minimum absolute atomic E-state index is 0.00928. The predicted octanol–water partition coefficient (Wildman–Crippen LogP) is 6.95. The van der Waals surface area contributed by atoms with Gasteiger partial charge in [-0.3, -0.25) is 19.5 Å². The number of rotatable bonds is 9. The van der Waals surface area contributed by atoms with Crippen molar-refractivity contribution in [3.8, 4) is 5.75 Å². The van der Waals surface area contributed by atoms with Crippen LogP contribution in [-0.4, -0.2) is 22.1 Å². The molecule has 1 aliphatic rings. The summed E-state index contributed by atoms with van der Waals surface area (Å²) >= 11 is 8.33. The highest BCUT2D eigenvalue weighted by atomic mass is 79.9. The molecule has 236 valence electrons. The van der Waals surface area contributed by atoms with Crippen LogP contribution in [0.2, 0.25) is 0 Å². The first-order valence-electron chi connectivity index (χ1n) is 14.4. The number of esters is 1. The Balaban J connectivity index is 1.51. The molecule has 1 aliphatic heterocycles. The molecule has 0 bridgehead atoms. The van der Waals surface area contributed by atoms with Crippen molar-refractivity contribution in [1.29, 1.82) is 0 Å². The molecule has 2 heterocycles. The normalized spacial score (nSPS) is 14.4. The number of ether oxygens (including phenoxy) is 2. The van der Waals surface area contributed by atoms with Gasteiger partial charge in [0.05, 0.1) is 37.8 Å². The Hall–Kier alpha value is -4.65. The summed E-state index contributed by atoms with van der Waals surface area (Å²) in [4.78, 5) is 43.9. The van der Waals surface area contributed by atoms with E-state index in [0.29, 0.717) is 30.8 Å². The van der Waals surface area contributed by atoms with Crippen molar-refractivity contribution in [3.05, 3.63) is 164 Å². The van der Waals surface area contributed by atoms with Crippen molar-refractivity contribution in [1.82, 2.24) is 4.57 Å². The van der Waals surface area contributed by atoms with Crippen LogP contribution in [0.1, 0.15) is 35.2 Å². The van der Waals surface area contributed by atoms with E-state index in [9.17, 15) is 19.7 Å². The molecule has 5 aromatic rings. The van der Waals surface area contributed by atoms with Crippen LogP contribution >= 0.6 is 43.2 Å². The molecule has 1 atom stereocenters. The number of aromatic nitrogens is 1. The summed E-state index contributed by atoms with van der Waals surface area (Å²) in [7, 11) is 0. The predicted molar refractivity (Wildman–Crippen MR) is 187 cm³/mol. The van der Waals surface area contributed by atoms with Crippen molar-refractivity contribution >= 4 is 66.6 Å². The van der Waals surface area contributed by atoms with Crippen LogP contribution in [0.4, 0.5) is 5.69 Å². The van der Waals surface area contributed by atoms with E-state index in [2.05, 4.69) is 31.9 Å². The third kappa shape index (κ3) is 6.76. The molecule has 0 saturated carbocycles. The summed E-state index contributed by atoms with van der Waals surface area (Å²) in [6.07, 6.45) is 1.74. The fraction of sp³-hybridized carbons (Fsp3) is 0.114. The lowest BCUT2D eigenvalue weighted by Crippen LogP contribution is -2.40. The van der Waals surface area contributed by atoms with E-state index >= 15 is 0 Å². The molecule has 0 aliphatic carbocycles. The van der Waals surface area contributed by atoms with E-state index in [1.165, 1.54) is 23.5 Å². The van der Waals surface area contributed by atoms with E-state index in [4.69, 9.17) is 14.5 Å². The molecule has 1 aromatic heterocycles. The van der Waals surface area contributed by atoms with Gasteiger partial charge < -0.3 is 9.47 Å². The lowest BCUT2D eigenvalue weighted by molar-refractivity contribution is -0.384. The molecule has 0 fully saturated rings. The van der Waals surface area contributed by atoms with Crippen LogP contribution in [0.15, 0.2) is 121 Å². The average molecular weight is 775 g/mol. The van der Waals surface area contributed by atoms with Gasteiger partial charge in [0, 0.05) is 27.7 Å². The van der Waals surface area contributed by atoms with Gasteiger partial charge in [0.25, 0.3) is 11.2 Å². The Morgan fingerprint density at radius 2 is 1.70 bits per heavy atom. The van der Waals surface area contributed by atoms with Gasteiger partial charge in [0.1, 0.15) is 12.4 Å². The standard InChI is InChI=1S/C35H25Br2N3O6S/c1-2-45-34(42)29-30(22-9-5-3-6-10-22)38-35-39(31(29)23-11-7-4-8-12-23)33(41)28(47-35)18-24-17-25(36)19-27(37)32(24)46-20-21-13-15-26(16-14-21)40(43)44/h3-19,31H,2,20H2,1H3/b28-18-/t31-/m1/s1. The Kier molecular flexibility index (Phi) is 9.62. The summed E-state index contributed by atoms with van der Waals surface area (Å²) in [5.74, 6) is -0.0646. The summed E-state index contributed by atoms with van der Waals surface area (Å²) in [5, 5.41) is 11.1. The van der Waals surface area contributed by atoms with Crippen LogP contribution in [0.5, 0.6) is 5.75 Å². The van der Waals surface area contributed by atoms with E-state index < -0.39 is 16.9 Å². The third-order valence-electron chi connectivity index (χ3n) is 7.34. The average Bonchev–Trinajstić information content (AvgIpc) is 3.38. The highest BCUT2D eigenvalue weighted by molar-refractivity contribution is 9.11. The molecule has 47 heavy (non-hydrogen) atoms. The second kappa shape index (κ2) is 14.0. The van der Waals surface area contributed by atoms with Gasteiger partial charge in [0.15, 0.2) is 4.80 Å². The van der Waals surface area contributed by atoms with Crippen molar-refractivity contribution in [3.63, 3.8) is 0 Å². The number of hydrogen-bond donors (Lipinski definition) is 0. The minimum Gasteiger partial charge on any atom is -0.487 e.